The number of piperidine rings is 2. The van der Waals surface area contributed by atoms with Crippen molar-refractivity contribution >= 4 is 17.5 Å². The highest BCUT2D eigenvalue weighted by Crippen LogP contribution is 2.45. The highest BCUT2D eigenvalue weighted by Gasteiger charge is 2.37. The molecule has 2 N–H and O–H groups in total. The SMILES string of the molecule is Cc1c(OCCCN2CCC(F)CC2)cccc1-c1cccc2c1C[C@@H](F)[C@@H]2Oc1cc(OCc2cc(C#N)cc(C#N)c2)c(CN[C@H]2CCC(=O)NC2)cc1Cl. The van der Waals surface area contributed by atoms with Crippen LogP contribution in [-0.4, -0.2) is 62.0 Å². The summed E-state index contributed by atoms with van der Waals surface area (Å²) in [5.74, 6) is 1.51. The molecule has 9 nitrogen and oxygen atoms in total. The van der Waals surface area contributed by atoms with E-state index in [-0.39, 0.29) is 30.7 Å². The van der Waals surface area contributed by atoms with Crippen LogP contribution in [0.3, 0.4) is 0 Å². The molecule has 0 spiro atoms. The van der Waals surface area contributed by atoms with Crippen LogP contribution in [-0.2, 0) is 24.4 Å². The number of likely N-dealkylation sites (tertiary alicyclic amines) is 1. The van der Waals surface area contributed by atoms with Crippen LogP contribution >= 0.6 is 11.6 Å². The smallest absolute Gasteiger partial charge is 0.220 e. The topological polar surface area (TPSA) is 120 Å². The second-order valence-electron chi connectivity index (χ2n) is 15.0. The summed E-state index contributed by atoms with van der Waals surface area (Å²) < 4.78 is 48.7. The second kappa shape index (κ2) is 18.4. The van der Waals surface area contributed by atoms with E-state index in [1.54, 1.807) is 24.3 Å². The van der Waals surface area contributed by atoms with Crippen molar-refractivity contribution in [3.05, 3.63) is 111 Å². The Morgan fingerprint density at radius 3 is 2.42 bits per heavy atom. The normalized spacial score (nSPS) is 19.6. The van der Waals surface area contributed by atoms with Gasteiger partial charge in [-0.05, 0) is 96.3 Å². The van der Waals surface area contributed by atoms with Gasteiger partial charge in [0, 0.05) is 63.2 Å². The zero-order valence-corrected chi connectivity index (χ0v) is 32.7. The molecule has 0 aromatic heterocycles. The Labute approximate surface area is 337 Å². The number of nitrogens with zero attached hydrogens (tertiary/aromatic N) is 3. The second-order valence-corrected chi connectivity index (χ2v) is 15.4. The summed E-state index contributed by atoms with van der Waals surface area (Å²) in [6, 6.07) is 24.3. The summed E-state index contributed by atoms with van der Waals surface area (Å²) in [5, 5.41) is 25.6. The number of nitrogens with one attached hydrogen (secondary N) is 2. The summed E-state index contributed by atoms with van der Waals surface area (Å²) in [6.07, 6.45) is 0.361. The molecule has 0 unspecified atom stereocenters. The first kappa shape index (κ1) is 40.0. The molecule has 3 aliphatic rings. The van der Waals surface area contributed by atoms with E-state index in [0.29, 0.717) is 72.8 Å². The molecule has 0 saturated carbocycles. The molecule has 1 amide bonds. The van der Waals surface area contributed by atoms with E-state index < -0.39 is 18.4 Å². The average molecular weight is 794 g/mol. The Bertz CT molecular complexity index is 2140. The highest BCUT2D eigenvalue weighted by molar-refractivity contribution is 6.32. The number of alkyl halides is 2. The van der Waals surface area contributed by atoms with Gasteiger partial charge in [-0.25, -0.2) is 8.78 Å². The monoisotopic (exact) mass is 793 g/mol. The quantitative estimate of drug-likeness (QED) is 0.123. The third kappa shape index (κ3) is 9.68. The van der Waals surface area contributed by atoms with Gasteiger partial charge in [0.15, 0.2) is 6.10 Å². The minimum atomic E-state index is -1.34. The number of carbonyl (C=O) groups is 1. The van der Waals surface area contributed by atoms with Crippen LogP contribution in [0.15, 0.2) is 66.7 Å². The first-order valence-electron chi connectivity index (χ1n) is 19.6. The Hall–Kier alpha value is -5.20. The van der Waals surface area contributed by atoms with Crippen LogP contribution in [0, 0.1) is 29.6 Å². The summed E-state index contributed by atoms with van der Waals surface area (Å²) in [6.45, 7) is 5.94. The average Bonchev–Trinajstić information content (AvgIpc) is 3.54. The molecule has 2 aliphatic heterocycles. The number of carbonyl (C=O) groups excluding carboxylic acids is 1. The van der Waals surface area contributed by atoms with E-state index in [0.717, 1.165) is 65.2 Å². The maximum atomic E-state index is 16.2. The van der Waals surface area contributed by atoms with Crippen molar-refractivity contribution < 1.29 is 27.8 Å². The molecule has 2 fully saturated rings. The number of hydrogen-bond acceptors (Lipinski definition) is 8. The number of benzene rings is 4. The van der Waals surface area contributed by atoms with Gasteiger partial charge < -0.3 is 29.7 Å². The lowest BCUT2D eigenvalue weighted by atomic mass is 9.93. The van der Waals surface area contributed by atoms with E-state index in [2.05, 4.69) is 27.7 Å². The van der Waals surface area contributed by atoms with E-state index in [9.17, 15) is 19.7 Å². The molecule has 2 heterocycles. The number of ether oxygens (including phenoxy) is 3. The molecule has 0 bridgehead atoms. The molecule has 3 atom stereocenters. The Balaban J connectivity index is 1.10. The number of fused-ring (bicyclic) bond motifs is 1. The summed E-state index contributed by atoms with van der Waals surface area (Å²) >= 11 is 6.87. The maximum absolute atomic E-state index is 16.2. The lowest BCUT2D eigenvalue weighted by molar-refractivity contribution is -0.122. The van der Waals surface area contributed by atoms with Crippen LogP contribution in [0.5, 0.6) is 17.2 Å². The molecule has 1 aliphatic carbocycles. The fourth-order valence-corrected chi connectivity index (χ4v) is 8.18. The van der Waals surface area contributed by atoms with Gasteiger partial charge in [-0.2, -0.15) is 10.5 Å². The number of hydrogen-bond donors (Lipinski definition) is 2. The summed E-state index contributed by atoms with van der Waals surface area (Å²) in [7, 11) is 0. The number of halogens is 3. The lowest BCUT2D eigenvalue weighted by Gasteiger charge is -2.28. The molecule has 12 heteroatoms. The Kier molecular flexibility index (Phi) is 12.9. The third-order valence-electron chi connectivity index (χ3n) is 11.1. The van der Waals surface area contributed by atoms with Gasteiger partial charge in [0.25, 0.3) is 0 Å². The van der Waals surface area contributed by atoms with Crippen molar-refractivity contribution in [2.75, 3.05) is 32.8 Å². The van der Waals surface area contributed by atoms with Crippen molar-refractivity contribution in [1.82, 2.24) is 15.5 Å². The molecule has 2 saturated heterocycles. The molecular formula is C45H46ClF2N5O4. The molecule has 0 radical (unpaired) electrons. The van der Waals surface area contributed by atoms with Gasteiger partial charge >= 0.3 is 0 Å². The zero-order valence-electron chi connectivity index (χ0n) is 32.0. The predicted molar refractivity (Wildman–Crippen MR) is 214 cm³/mol. The first-order valence-corrected chi connectivity index (χ1v) is 20.0. The largest absolute Gasteiger partial charge is 0.493 e. The fourth-order valence-electron chi connectivity index (χ4n) is 7.95. The lowest BCUT2D eigenvalue weighted by Crippen LogP contribution is -2.45. The van der Waals surface area contributed by atoms with E-state index >= 15 is 4.39 Å². The van der Waals surface area contributed by atoms with E-state index in [1.165, 1.54) is 6.07 Å². The molecular weight excluding hydrogens is 748 g/mol. The van der Waals surface area contributed by atoms with Crippen LogP contribution in [0.25, 0.3) is 11.1 Å². The molecule has 7 rings (SSSR count). The first-order chi connectivity index (χ1) is 27.7. The predicted octanol–water partition coefficient (Wildman–Crippen LogP) is 8.22. The van der Waals surface area contributed by atoms with Gasteiger partial charge in [-0.1, -0.05) is 41.9 Å². The summed E-state index contributed by atoms with van der Waals surface area (Å²) in [4.78, 5) is 14.0. The Morgan fingerprint density at radius 2 is 1.68 bits per heavy atom. The van der Waals surface area contributed by atoms with Gasteiger partial charge in [-0.3, -0.25) is 4.79 Å². The summed E-state index contributed by atoms with van der Waals surface area (Å²) in [5.41, 5.74) is 6.52. The number of amides is 1. The van der Waals surface area contributed by atoms with Gasteiger partial charge in [0.1, 0.15) is 36.2 Å². The number of nitriles is 2. The highest BCUT2D eigenvalue weighted by atomic mass is 35.5. The van der Waals surface area contributed by atoms with Crippen molar-refractivity contribution in [3.8, 4) is 40.5 Å². The molecule has 4 aromatic carbocycles. The Morgan fingerprint density at radius 1 is 0.930 bits per heavy atom. The van der Waals surface area contributed by atoms with Crippen molar-refractivity contribution in [2.24, 2.45) is 0 Å². The van der Waals surface area contributed by atoms with Gasteiger partial charge in [0.05, 0.1) is 34.9 Å². The number of rotatable bonds is 14. The molecule has 296 valence electrons. The van der Waals surface area contributed by atoms with Gasteiger partial charge in [0.2, 0.25) is 5.91 Å². The van der Waals surface area contributed by atoms with Crippen LogP contribution in [0.2, 0.25) is 5.02 Å². The fraction of sp³-hybridized carbons (Fsp3) is 0.400. The molecule has 4 aromatic rings. The van der Waals surface area contributed by atoms with Crippen molar-refractivity contribution in [3.63, 3.8) is 0 Å². The van der Waals surface area contributed by atoms with Crippen LogP contribution in [0.4, 0.5) is 8.78 Å². The zero-order chi connectivity index (χ0) is 39.9. The van der Waals surface area contributed by atoms with Gasteiger partial charge in [-0.15, -0.1) is 0 Å². The van der Waals surface area contributed by atoms with E-state index in [4.69, 9.17) is 25.8 Å². The maximum Gasteiger partial charge on any atom is 0.220 e. The standard InChI is InChI=1S/C45H46ClF2N5O4/c1-28-35(5-3-8-41(28)55-16-4-13-53-14-11-33(47)12-15-53)36-6-2-7-37-38(36)21-40(48)45(37)57-43-22-42(56-27-31-18-29(23-49)17-30(19-31)24-50)32(20-39(43)46)25-51-34-9-10-44(54)52-26-34/h2-3,5-8,17-20,22,33-34,40,45,51H,4,9-16,21,25-27H2,1H3,(H,52,54)/t34-,40+,45+/m0/s1. The van der Waals surface area contributed by atoms with Crippen LogP contribution in [0.1, 0.15) is 77.2 Å². The van der Waals surface area contributed by atoms with Crippen molar-refractivity contribution in [2.45, 2.75) is 83.1 Å². The minimum absolute atomic E-state index is 0.0251. The molecule has 57 heavy (non-hydrogen) atoms. The van der Waals surface area contributed by atoms with Crippen LogP contribution < -0.4 is 24.8 Å². The minimum Gasteiger partial charge on any atom is -0.493 e. The third-order valence-corrected chi connectivity index (χ3v) is 11.4. The van der Waals surface area contributed by atoms with E-state index in [1.807, 2.05) is 43.3 Å². The van der Waals surface area contributed by atoms with Crippen molar-refractivity contribution in [1.29, 1.82) is 10.5 Å².